The lowest BCUT2D eigenvalue weighted by Crippen LogP contribution is -2.46. The van der Waals surface area contributed by atoms with E-state index in [-0.39, 0.29) is 30.3 Å². The van der Waals surface area contributed by atoms with E-state index in [4.69, 9.17) is 0 Å². The normalized spacial score (nSPS) is 20.7. The van der Waals surface area contributed by atoms with Gasteiger partial charge in [-0.05, 0) is 49.4 Å². The standard InChI is InChI=1S/C20H27N3O3/c1-12(2)14-7-13(3)19-16(8-14)20(26)23(11-22-19)10-15(24)9-17-18(25)5-4-6-21-17/h7-8,11-12,17-18,21,25H,4-6,9-10H2,1-3H3/t17-,18+/m1/s1. The van der Waals surface area contributed by atoms with Gasteiger partial charge in [-0.1, -0.05) is 19.9 Å². The molecule has 0 radical (unpaired) electrons. The highest BCUT2D eigenvalue weighted by Crippen LogP contribution is 2.21. The minimum absolute atomic E-state index is 0.0162. The van der Waals surface area contributed by atoms with E-state index in [1.165, 1.54) is 10.9 Å². The second-order valence-corrected chi connectivity index (χ2v) is 7.58. The summed E-state index contributed by atoms with van der Waals surface area (Å²) in [5, 5.41) is 13.7. The fourth-order valence-electron chi connectivity index (χ4n) is 3.57. The number of aromatic nitrogens is 2. The van der Waals surface area contributed by atoms with Gasteiger partial charge >= 0.3 is 0 Å². The summed E-state index contributed by atoms with van der Waals surface area (Å²) < 4.78 is 1.38. The van der Waals surface area contributed by atoms with Crippen LogP contribution in [0.1, 0.15) is 50.2 Å². The van der Waals surface area contributed by atoms with Crippen molar-refractivity contribution in [2.24, 2.45) is 0 Å². The van der Waals surface area contributed by atoms with Crippen molar-refractivity contribution in [3.05, 3.63) is 39.9 Å². The third kappa shape index (κ3) is 3.86. The molecule has 1 aromatic heterocycles. The van der Waals surface area contributed by atoms with Crippen molar-refractivity contribution in [3.8, 4) is 0 Å². The van der Waals surface area contributed by atoms with Crippen LogP contribution in [0.2, 0.25) is 0 Å². The minimum atomic E-state index is -0.504. The van der Waals surface area contributed by atoms with Gasteiger partial charge in [0.05, 0.1) is 29.9 Å². The lowest BCUT2D eigenvalue weighted by Gasteiger charge is -2.28. The number of Topliss-reactive ketones (excluding diaryl/α,β-unsaturated/α-hetero) is 1. The van der Waals surface area contributed by atoms with Crippen LogP contribution in [0.25, 0.3) is 10.9 Å². The molecule has 1 aromatic carbocycles. The molecule has 1 aliphatic rings. The van der Waals surface area contributed by atoms with Gasteiger partial charge in [0, 0.05) is 12.5 Å². The Bertz CT molecular complexity index is 872. The molecular formula is C20H27N3O3. The largest absolute Gasteiger partial charge is 0.391 e. The smallest absolute Gasteiger partial charge is 0.261 e. The van der Waals surface area contributed by atoms with Crippen molar-refractivity contribution in [1.29, 1.82) is 0 Å². The van der Waals surface area contributed by atoms with Crippen molar-refractivity contribution >= 4 is 16.7 Å². The number of carbonyl (C=O) groups is 1. The molecule has 0 amide bonds. The third-order valence-electron chi connectivity index (χ3n) is 5.15. The van der Waals surface area contributed by atoms with Gasteiger partial charge in [-0.3, -0.25) is 14.2 Å². The maximum atomic E-state index is 12.9. The van der Waals surface area contributed by atoms with Gasteiger partial charge in [0.1, 0.15) is 0 Å². The third-order valence-corrected chi connectivity index (χ3v) is 5.15. The molecule has 6 heteroatoms. The molecule has 0 unspecified atom stereocenters. The highest BCUT2D eigenvalue weighted by Gasteiger charge is 2.25. The van der Waals surface area contributed by atoms with Gasteiger partial charge in [0.15, 0.2) is 5.78 Å². The number of ketones is 1. The topological polar surface area (TPSA) is 84.2 Å². The van der Waals surface area contributed by atoms with E-state index in [9.17, 15) is 14.7 Å². The lowest BCUT2D eigenvalue weighted by molar-refractivity contribution is -0.121. The summed E-state index contributed by atoms with van der Waals surface area (Å²) in [5.41, 5.74) is 2.56. The zero-order chi connectivity index (χ0) is 18.8. The number of aliphatic hydroxyl groups is 1. The number of hydrogen-bond acceptors (Lipinski definition) is 5. The van der Waals surface area contributed by atoms with E-state index >= 15 is 0 Å². The molecule has 2 aromatic rings. The molecule has 3 rings (SSSR count). The number of nitrogens with one attached hydrogen (secondary N) is 1. The molecule has 2 heterocycles. The second-order valence-electron chi connectivity index (χ2n) is 7.58. The van der Waals surface area contributed by atoms with E-state index in [0.29, 0.717) is 23.2 Å². The molecular weight excluding hydrogens is 330 g/mol. The summed E-state index contributed by atoms with van der Waals surface area (Å²) in [4.78, 5) is 29.7. The summed E-state index contributed by atoms with van der Waals surface area (Å²) in [6.07, 6.45) is 2.79. The number of piperidine rings is 1. The van der Waals surface area contributed by atoms with Crippen LogP contribution in [0, 0.1) is 6.92 Å². The molecule has 26 heavy (non-hydrogen) atoms. The van der Waals surface area contributed by atoms with Crippen molar-refractivity contribution in [1.82, 2.24) is 14.9 Å². The Balaban J connectivity index is 1.85. The molecule has 140 valence electrons. The molecule has 2 atom stereocenters. The number of hydrogen-bond donors (Lipinski definition) is 2. The number of benzene rings is 1. The van der Waals surface area contributed by atoms with Crippen LogP contribution in [-0.2, 0) is 11.3 Å². The first-order valence-corrected chi connectivity index (χ1v) is 9.29. The lowest BCUT2D eigenvalue weighted by atomic mass is 9.97. The van der Waals surface area contributed by atoms with Crippen LogP contribution in [0.4, 0.5) is 0 Å². The Morgan fingerprint density at radius 2 is 2.19 bits per heavy atom. The van der Waals surface area contributed by atoms with Crippen molar-refractivity contribution in [3.63, 3.8) is 0 Å². The van der Waals surface area contributed by atoms with Gasteiger partial charge in [-0.25, -0.2) is 4.98 Å². The van der Waals surface area contributed by atoms with Crippen LogP contribution < -0.4 is 10.9 Å². The number of fused-ring (bicyclic) bond motifs is 1. The quantitative estimate of drug-likeness (QED) is 0.854. The zero-order valence-corrected chi connectivity index (χ0v) is 15.7. The summed E-state index contributed by atoms with van der Waals surface area (Å²) in [6.45, 7) is 6.91. The number of carbonyl (C=O) groups excluding carboxylic acids is 1. The molecule has 0 bridgehead atoms. The number of aryl methyl sites for hydroxylation is 1. The maximum absolute atomic E-state index is 12.9. The molecule has 0 aliphatic carbocycles. The molecule has 6 nitrogen and oxygen atoms in total. The summed E-state index contributed by atoms with van der Waals surface area (Å²) in [5.74, 6) is 0.232. The predicted molar refractivity (Wildman–Crippen MR) is 101 cm³/mol. The van der Waals surface area contributed by atoms with Crippen molar-refractivity contribution in [2.75, 3.05) is 6.54 Å². The SMILES string of the molecule is Cc1cc(C(C)C)cc2c(=O)n(CC(=O)C[C@H]3NCCC[C@@H]3O)cnc12. The molecule has 2 N–H and O–H groups in total. The monoisotopic (exact) mass is 357 g/mol. The number of aliphatic hydroxyl groups excluding tert-OH is 1. The maximum Gasteiger partial charge on any atom is 0.261 e. The Morgan fingerprint density at radius 3 is 2.88 bits per heavy atom. The highest BCUT2D eigenvalue weighted by molar-refractivity contribution is 5.83. The van der Waals surface area contributed by atoms with Gasteiger partial charge in [-0.15, -0.1) is 0 Å². The van der Waals surface area contributed by atoms with Crippen LogP contribution in [0.3, 0.4) is 0 Å². The van der Waals surface area contributed by atoms with Gasteiger partial charge in [-0.2, -0.15) is 0 Å². The Kier molecular flexibility index (Phi) is 5.53. The first-order chi connectivity index (χ1) is 12.4. The zero-order valence-electron chi connectivity index (χ0n) is 15.7. The predicted octanol–water partition coefficient (Wildman–Crippen LogP) is 1.90. The molecule has 0 saturated carbocycles. The molecule has 1 aliphatic heterocycles. The Morgan fingerprint density at radius 1 is 1.42 bits per heavy atom. The molecule has 1 saturated heterocycles. The summed E-state index contributed by atoms with van der Waals surface area (Å²) in [7, 11) is 0. The first kappa shape index (κ1) is 18.7. The summed E-state index contributed by atoms with van der Waals surface area (Å²) in [6, 6.07) is 3.72. The fraction of sp³-hybridized carbons (Fsp3) is 0.550. The fourth-order valence-corrected chi connectivity index (χ4v) is 3.57. The highest BCUT2D eigenvalue weighted by atomic mass is 16.3. The molecule has 0 spiro atoms. The van der Waals surface area contributed by atoms with Crippen molar-refractivity contribution in [2.45, 2.75) is 64.6 Å². The molecule has 1 fully saturated rings. The second kappa shape index (κ2) is 7.68. The van der Waals surface area contributed by atoms with E-state index in [1.807, 2.05) is 13.0 Å². The van der Waals surface area contributed by atoms with Crippen LogP contribution >= 0.6 is 0 Å². The van der Waals surface area contributed by atoms with Crippen LogP contribution in [0.5, 0.6) is 0 Å². The van der Waals surface area contributed by atoms with E-state index in [0.717, 1.165) is 24.1 Å². The van der Waals surface area contributed by atoms with Crippen LogP contribution in [-0.4, -0.2) is 39.1 Å². The van der Waals surface area contributed by atoms with Gasteiger partial charge in [0.2, 0.25) is 0 Å². The van der Waals surface area contributed by atoms with Crippen LogP contribution in [0.15, 0.2) is 23.3 Å². The van der Waals surface area contributed by atoms with Gasteiger partial charge < -0.3 is 10.4 Å². The summed E-state index contributed by atoms with van der Waals surface area (Å²) >= 11 is 0. The average molecular weight is 357 g/mol. The van der Waals surface area contributed by atoms with E-state index in [1.54, 1.807) is 0 Å². The number of rotatable bonds is 5. The Labute approximate surface area is 153 Å². The minimum Gasteiger partial charge on any atom is -0.391 e. The Hall–Kier alpha value is -2.05. The number of nitrogens with zero attached hydrogens (tertiary/aromatic N) is 2. The van der Waals surface area contributed by atoms with Gasteiger partial charge in [0.25, 0.3) is 5.56 Å². The first-order valence-electron chi connectivity index (χ1n) is 9.29. The van der Waals surface area contributed by atoms with E-state index in [2.05, 4.69) is 30.2 Å². The average Bonchev–Trinajstić information content (AvgIpc) is 2.59. The van der Waals surface area contributed by atoms with Crippen molar-refractivity contribution < 1.29 is 9.90 Å². The van der Waals surface area contributed by atoms with E-state index < -0.39 is 6.10 Å².